The van der Waals surface area contributed by atoms with Crippen LogP contribution in [0.4, 0.5) is 0 Å². The first kappa shape index (κ1) is 18.8. The fourth-order valence-electron chi connectivity index (χ4n) is 4.85. The Morgan fingerprint density at radius 3 is 2.84 bits per heavy atom. The van der Waals surface area contributed by atoms with Crippen molar-refractivity contribution >= 4 is 21.2 Å². The molecule has 0 spiro atoms. The Hall–Kier alpha value is -2.97. The number of pyridine rings is 1. The van der Waals surface area contributed by atoms with Gasteiger partial charge in [-0.2, -0.15) is 4.31 Å². The lowest BCUT2D eigenvalue weighted by atomic mass is 10.1. The van der Waals surface area contributed by atoms with Gasteiger partial charge in [-0.05, 0) is 73.2 Å². The smallest absolute Gasteiger partial charge is 0.243 e. The fourth-order valence-corrected chi connectivity index (χ4v) is 6.40. The van der Waals surface area contributed by atoms with Gasteiger partial charge in [0.05, 0.1) is 17.2 Å². The van der Waals surface area contributed by atoms with Gasteiger partial charge in [-0.3, -0.25) is 0 Å². The summed E-state index contributed by atoms with van der Waals surface area (Å²) in [6.45, 7) is 0.851. The number of furan rings is 1. The molecular weight excluding hydrogens is 412 g/mol. The third-order valence-corrected chi connectivity index (χ3v) is 8.25. The van der Waals surface area contributed by atoms with Crippen LogP contribution in [0.1, 0.15) is 30.0 Å². The second-order valence-corrected chi connectivity index (χ2v) is 10.2. The molecule has 31 heavy (non-hydrogen) atoms. The molecule has 0 radical (unpaired) electrons. The Morgan fingerprint density at radius 1 is 1.06 bits per heavy atom. The molecular formula is C23H22N4O3S. The zero-order valence-corrected chi connectivity index (χ0v) is 17.8. The van der Waals surface area contributed by atoms with E-state index in [0.717, 1.165) is 30.4 Å². The molecule has 1 aliphatic heterocycles. The summed E-state index contributed by atoms with van der Waals surface area (Å²) in [4.78, 5) is 9.65. The van der Waals surface area contributed by atoms with Crippen molar-refractivity contribution in [3.05, 3.63) is 66.1 Å². The van der Waals surface area contributed by atoms with Crippen LogP contribution in [0.25, 0.3) is 22.7 Å². The van der Waals surface area contributed by atoms with Gasteiger partial charge in [0.25, 0.3) is 0 Å². The molecule has 4 heterocycles. The van der Waals surface area contributed by atoms with Gasteiger partial charge >= 0.3 is 0 Å². The predicted octanol–water partition coefficient (Wildman–Crippen LogP) is 3.82. The number of hydrogen-bond donors (Lipinski definition) is 0. The minimum Gasteiger partial charge on any atom is -0.461 e. The third-order valence-electron chi connectivity index (χ3n) is 6.39. The van der Waals surface area contributed by atoms with E-state index >= 15 is 0 Å². The lowest BCUT2D eigenvalue weighted by Gasteiger charge is -2.19. The summed E-state index contributed by atoms with van der Waals surface area (Å²) in [5, 5.41) is 0. The minimum absolute atomic E-state index is 0.0656. The van der Waals surface area contributed by atoms with Crippen molar-refractivity contribution in [3.63, 3.8) is 0 Å². The Morgan fingerprint density at radius 2 is 1.97 bits per heavy atom. The second-order valence-electron chi connectivity index (χ2n) is 8.22. The summed E-state index contributed by atoms with van der Waals surface area (Å²) in [5.74, 6) is 1.33. The number of sulfonamides is 1. The number of rotatable bonds is 4. The van der Waals surface area contributed by atoms with Gasteiger partial charge in [0, 0.05) is 19.3 Å². The van der Waals surface area contributed by atoms with E-state index in [0.29, 0.717) is 36.0 Å². The van der Waals surface area contributed by atoms with Crippen molar-refractivity contribution < 1.29 is 12.8 Å². The lowest BCUT2D eigenvalue weighted by molar-refractivity contribution is 0.453. The number of benzene rings is 1. The quantitative estimate of drug-likeness (QED) is 0.488. The molecule has 0 N–H and O–H groups in total. The number of aromatic nitrogens is 3. The maximum absolute atomic E-state index is 13.4. The molecule has 158 valence electrons. The summed E-state index contributed by atoms with van der Waals surface area (Å²) in [5.41, 5.74) is 3.96. The van der Waals surface area contributed by atoms with E-state index in [9.17, 15) is 8.42 Å². The van der Waals surface area contributed by atoms with E-state index in [1.807, 2.05) is 41.0 Å². The van der Waals surface area contributed by atoms with E-state index in [1.165, 1.54) is 11.1 Å². The number of aryl methyl sites for hydroxylation is 2. The molecule has 1 aromatic carbocycles. The first-order valence-electron chi connectivity index (χ1n) is 10.6. The van der Waals surface area contributed by atoms with Crippen LogP contribution >= 0.6 is 0 Å². The highest BCUT2D eigenvalue weighted by Gasteiger charge is 2.36. The molecule has 0 unspecified atom stereocenters. The zero-order valence-electron chi connectivity index (χ0n) is 16.9. The average Bonchev–Trinajstić information content (AvgIpc) is 3.58. The largest absolute Gasteiger partial charge is 0.461 e. The van der Waals surface area contributed by atoms with E-state index < -0.39 is 10.0 Å². The maximum atomic E-state index is 13.4. The molecule has 0 saturated carbocycles. The highest BCUT2D eigenvalue weighted by atomic mass is 32.2. The van der Waals surface area contributed by atoms with Crippen molar-refractivity contribution in [2.24, 2.45) is 0 Å². The summed E-state index contributed by atoms with van der Waals surface area (Å²) in [6.07, 6.45) is 7.14. The van der Waals surface area contributed by atoms with Crippen molar-refractivity contribution in [3.8, 4) is 11.6 Å². The van der Waals surface area contributed by atoms with Gasteiger partial charge in [-0.25, -0.2) is 18.4 Å². The van der Waals surface area contributed by atoms with Gasteiger partial charge < -0.3 is 8.98 Å². The second kappa shape index (κ2) is 7.03. The number of imidazole rings is 1. The van der Waals surface area contributed by atoms with Gasteiger partial charge in [0.1, 0.15) is 5.52 Å². The highest BCUT2D eigenvalue weighted by Crippen LogP contribution is 2.35. The van der Waals surface area contributed by atoms with Crippen LogP contribution < -0.4 is 0 Å². The third kappa shape index (κ3) is 3.01. The van der Waals surface area contributed by atoms with Gasteiger partial charge in [-0.15, -0.1) is 0 Å². The Balaban J connectivity index is 1.36. The topological polar surface area (TPSA) is 81.2 Å². The minimum atomic E-state index is -3.55. The molecule has 1 fully saturated rings. The normalized spacial score (nSPS) is 19.3. The van der Waals surface area contributed by atoms with Crippen molar-refractivity contribution in [2.75, 3.05) is 13.1 Å². The lowest BCUT2D eigenvalue weighted by Crippen LogP contribution is -2.29. The Bertz CT molecular complexity index is 1380. The van der Waals surface area contributed by atoms with Crippen molar-refractivity contribution in [1.82, 2.24) is 18.8 Å². The van der Waals surface area contributed by atoms with Gasteiger partial charge in [0.15, 0.2) is 17.2 Å². The van der Waals surface area contributed by atoms with Crippen LogP contribution in [0.3, 0.4) is 0 Å². The van der Waals surface area contributed by atoms with Gasteiger partial charge in [0.2, 0.25) is 10.0 Å². The molecule has 4 aromatic rings. The Kier molecular flexibility index (Phi) is 4.26. The van der Waals surface area contributed by atoms with E-state index in [4.69, 9.17) is 9.40 Å². The molecule has 0 bridgehead atoms. The van der Waals surface area contributed by atoms with Crippen LogP contribution in [0.2, 0.25) is 0 Å². The molecule has 1 saturated heterocycles. The van der Waals surface area contributed by atoms with Crippen LogP contribution in [0, 0.1) is 0 Å². The van der Waals surface area contributed by atoms with Crippen LogP contribution in [-0.2, 0) is 22.9 Å². The monoisotopic (exact) mass is 434 g/mol. The van der Waals surface area contributed by atoms with Crippen LogP contribution in [-0.4, -0.2) is 40.3 Å². The molecule has 1 aliphatic carbocycles. The number of nitrogens with zero attached hydrogens (tertiary/aromatic N) is 4. The Labute approximate surface area is 180 Å². The summed E-state index contributed by atoms with van der Waals surface area (Å²) in [6, 6.07) is 13.0. The van der Waals surface area contributed by atoms with Crippen molar-refractivity contribution in [1.29, 1.82) is 0 Å². The first-order valence-corrected chi connectivity index (χ1v) is 12.0. The predicted molar refractivity (Wildman–Crippen MR) is 116 cm³/mol. The molecule has 0 amide bonds. The standard InChI is InChI=1S/C23H22N4O3S/c28-31(29,19-9-8-16-4-1-5-17(16)14-19)26-12-10-18(15-26)27-22-20(6-2-11-24-22)25-23(27)21-7-3-13-30-21/h2-3,6-9,11,13-14,18H,1,4-5,10,12,15H2/t18-/m1/s1. The van der Waals surface area contributed by atoms with Crippen LogP contribution in [0.5, 0.6) is 0 Å². The van der Waals surface area contributed by atoms with E-state index in [-0.39, 0.29) is 6.04 Å². The van der Waals surface area contributed by atoms with E-state index in [2.05, 4.69) is 4.98 Å². The van der Waals surface area contributed by atoms with Gasteiger partial charge in [-0.1, -0.05) is 6.07 Å². The SMILES string of the molecule is O=S(=O)(c1ccc2c(c1)CCC2)N1CC[C@@H](n2c(-c3ccco3)nc3cccnc32)C1. The fraction of sp³-hybridized carbons (Fsp3) is 0.304. The molecule has 7 nitrogen and oxygen atoms in total. The maximum Gasteiger partial charge on any atom is 0.243 e. The van der Waals surface area contributed by atoms with Crippen molar-refractivity contribution in [2.45, 2.75) is 36.6 Å². The number of fused-ring (bicyclic) bond motifs is 2. The summed E-state index contributed by atoms with van der Waals surface area (Å²) >= 11 is 0. The highest BCUT2D eigenvalue weighted by molar-refractivity contribution is 7.89. The summed E-state index contributed by atoms with van der Waals surface area (Å²) < 4.78 is 36.0. The average molecular weight is 435 g/mol. The molecule has 1 atom stereocenters. The first-order chi connectivity index (χ1) is 15.1. The zero-order chi connectivity index (χ0) is 21.0. The van der Waals surface area contributed by atoms with Crippen LogP contribution in [0.15, 0.2) is 64.2 Å². The number of hydrogen-bond acceptors (Lipinski definition) is 5. The summed E-state index contributed by atoms with van der Waals surface area (Å²) in [7, 11) is -3.55. The molecule has 2 aliphatic rings. The molecule has 8 heteroatoms. The van der Waals surface area contributed by atoms with E-state index in [1.54, 1.807) is 22.8 Å². The molecule has 3 aromatic heterocycles. The molecule has 6 rings (SSSR count).